The number of likely N-dealkylation sites (tertiary alicyclic amines) is 1. The maximum absolute atomic E-state index is 11.8. The molecule has 0 radical (unpaired) electrons. The van der Waals surface area contributed by atoms with Crippen LogP contribution in [-0.4, -0.2) is 34.8 Å². The van der Waals surface area contributed by atoms with Crippen LogP contribution in [0, 0.1) is 11.8 Å². The molecule has 0 aromatic heterocycles. The molecular weight excluding hydrogens is 180 g/mol. The van der Waals surface area contributed by atoms with Gasteiger partial charge >= 0.3 is 0 Å². The van der Waals surface area contributed by atoms with Crippen LogP contribution in [0.1, 0.15) is 26.2 Å². The van der Waals surface area contributed by atoms with Crippen LogP contribution in [0.4, 0.5) is 0 Å². The van der Waals surface area contributed by atoms with Crippen LogP contribution in [0.15, 0.2) is 5.16 Å². The summed E-state index contributed by atoms with van der Waals surface area (Å²) in [5, 5.41) is 11.7. The maximum atomic E-state index is 11.8. The van der Waals surface area contributed by atoms with Crippen molar-refractivity contribution in [1.82, 2.24) is 4.90 Å². The molecule has 1 amide bonds. The van der Waals surface area contributed by atoms with E-state index < -0.39 is 0 Å². The molecule has 1 aliphatic carbocycles. The predicted octanol–water partition coefficient (Wildman–Crippen LogP) is 1.09. The molecule has 0 aromatic rings. The van der Waals surface area contributed by atoms with E-state index in [1.807, 2.05) is 4.90 Å². The summed E-state index contributed by atoms with van der Waals surface area (Å²) in [4.78, 5) is 13.6. The van der Waals surface area contributed by atoms with Crippen molar-refractivity contribution in [3.05, 3.63) is 0 Å². The molecular formula is C10H16N2O2. The van der Waals surface area contributed by atoms with Gasteiger partial charge in [-0.1, -0.05) is 18.5 Å². The van der Waals surface area contributed by atoms with Gasteiger partial charge in [-0.25, -0.2) is 0 Å². The third kappa shape index (κ3) is 1.61. The van der Waals surface area contributed by atoms with Gasteiger partial charge in [0, 0.05) is 18.9 Å². The van der Waals surface area contributed by atoms with Crippen molar-refractivity contribution in [3.8, 4) is 0 Å². The Labute approximate surface area is 83.6 Å². The first-order chi connectivity index (χ1) is 6.76. The van der Waals surface area contributed by atoms with Crippen molar-refractivity contribution in [2.75, 3.05) is 13.1 Å². The van der Waals surface area contributed by atoms with E-state index in [1.54, 1.807) is 0 Å². The average molecular weight is 196 g/mol. The second-order valence-corrected chi connectivity index (χ2v) is 4.19. The van der Waals surface area contributed by atoms with E-state index in [4.69, 9.17) is 5.21 Å². The third-order valence-electron chi connectivity index (χ3n) is 3.26. The summed E-state index contributed by atoms with van der Waals surface area (Å²) in [5.41, 5.74) is 0.729. The van der Waals surface area contributed by atoms with Crippen molar-refractivity contribution in [2.24, 2.45) is 17.0 Å². The standard InChI is InChI=1S/C10H16N2O2/c1-2-7-5-9(7)10(13)12-4-3-8(6-12)11-14/h7,9,14H,2-6H2,1H3/b11-8-. The summed E-state index contributed by atoms with van der Waals surface area (Å²) in [6, 6.07) is 0. The zero-order chi connectivity index (χ0) is 10.1. The van der Waals surface area contributed by atoms with E-state index in [1.165, 1.54) is 0 Å². The van der Waals surface area contributed by atoms with Crippen LogP contribution in [0.5, 0.6) is 0 Å². The number of nitrogens with zero attached hydrogens (tertiary/aromatic N) is 2. The van der Waals surface area contributed by atoms with E-state index in [2.05, 4.69) is 12.1 Å². The molecule has 4 heteroatoms. The van der Waals surface area contributed by atoms with E-state index in [0.29, 0.717) is 12.5 Å². The van der Waals surface area contributed by atoms with Gasteiger partial charge in [-0.3, -0.25) is 4.79 Å². The van der Waals surface area contributed by atoms with Crippen molar-refractivity contribution in [1.29, 1.82) is 0 Å². The highest BCUT2D eigenvalue weighted by Gasteiger charge is 2.44. The lowest BCUT2D eigenvalue weighted by molar-refractivity contribution is -0.131. The Morgan fingerprint density at radius 1 is 1.71 bits per heavy atom. The lowest BCUT2D eigenvalue weighted by atomic mass is 10.2. The molecule has 2 rings (SSSR count). The largest absolute Gasteiger partial charge is 0.411 e. The summed E-state index contributed by atoms with van der Waals surface area (Å²) in [7, 11) is 0. The highest BCUT2D eigenvalue weighted by Crippen LogP contribution is 2.42. The predicted molar refractivity (Wildman–Crippen MR) is 52.3 cm³/mol. The highest BCUT2D eigenvalue weighted by atomic mass is 16.4. The third-order valence-corrected chi connectivity index (χ3v) is 3.26. The van der Waals surface area contributed by atoms with E-state index in [-0.39, 0.29) is 11.8 Å². The fraction of sp³-hybridized carbons (Fsp3) is 0.800. The zero-order valence-corrected chi connectivity index (χ0v) is 8.44. The number of carbonyl (C=O) groups excluding carboxylic acids is 1. The van der Waals surface area contributed by atoms with Gasteiger partial charge in [-0.2, -0.15) is 0 Å². The first-order valence-corrected chi connectivity index (χ1v) is 5.24. The van der Waals surface area contributed by atoms with E-state index >= 15 is 0 Å². The summed E-state index contributed by atoms with van der Waals surface area (Å²) < 4.78 is 0. The molecule has 1 N–H and O–H groups in total. The van der Waals surface area contributed by atoms with Crippen LogP contribution >= 0.6 is 0 Å². The number of hydrogen-bond donors (Lipinski definition) is 1. The number of carbonyl (C=O) groups is 1. The minimum absolute atomic E-state index is 0.260. The number of amides is 1. The maximum Gasteiger partial charge on any atom is 0.226 e. The quantitative estimate of drug-likeness (QED) is 0.531. The molecule has 4 nitrogen and oxygen atoms in total. The molecule has 2 atom stereocenters. The second-order valence-electron chi connectivity index (χ2n) is 4.19. The summed E-state index contributed by atoms with van der Waals surface area (Å²) in [5.74, 6) is 1.13. The molecule has 0 spiro atoms. The molecule has 0 aromatic carbocycles. The molecule has 2 aliphatic rings. The summed E-state index contributed by atoms with van der Waals surface area (Å²) in [6.45, 7) is 3.38. The van der Waals surface area contributed by atoms with Crippen molar-refractivity contribution in [2.45, 2.75) is 26.2 Å². The SMILES string of the molecule is CCC1CC1C(=O)N1CC/C(=N/O)C1. The fourth-order valence-corrected chi connectivity index (χ4v) is 2.15. The topological polar surface area (TPSA) is 52.9 Å². The Morgan fingerprint density at radius 2 is 2.50 bits per heavy atom. The monoisotopic (exact) mass is 196 g/mol. The van der Waals surface area contributed by atoms with Crippen molar-refractivity contribution < 1.29 is 10.0 Å². The Morgan fingerprint density at radius 3 is 3.00 bits per heavy atom. The Kier molecular flexibility index (Phi) is 2.44. The van der Waals surface area contributed by atoms with Crippen LogP contribution in [0.2, 0.25) is 0 Å². The molecule has 14 heavy (non-hydrogen) atoms. The van der Waals surface area contributed by atoms with Crippen molar-refractivity contribution >= 4 is 11.6 Å². The summed E-state index contributed by atoms with van der Waals surface area (Å²) in [6.07, 6.45) is 2.88. The van der Waals surface area contributed by atoms with Crippen LogP contribution in [0.3, 0.4) is 0 Å². The molecule has 0 bridgehead atoms. The van der Waals surface area contributed by atoms with Gasteiger partial charge in [0.2, 0.25) is 5.91 Å². The normalized spacial score (nSPS) is 33.8. The number of rotatable bonds is 2. The van der Waals surface area contributed by atoms with Crippen molar-refractivity contribution in [3.63, 3.8) is 0 Å². The van der Waals surface area contributed by atoms with Gasteiger partial charge in [-0.05, 0) is 12.3 Å². The Bertz CT molecular complexity index is 275. The molecule has 2 unspecified atom stereocenters. The fourth-order valence-electron chi connectivity index (χ4n) is 2.15. The Hall–Kier alpha value is -1.06. The Balaban J connectivity index is 1.88. The summed E-state index contributed by atoms with van der Waals surface area (Å²) >= 11 is 0. The number of hydrogen-bond acceptors (Lipinski definition) is 3. The van der Waals surface area contributed by atoms with Crippen LogP contribution in [0.25, 0.3) is 0 Å². The first kappa shape index (κ1) is 9.49. The molecule has 2 fully saturated rings. The van der Waals surface area contributed by atoms with Gasteiger partial charge in [0.25, 0.3) is 0 Å². The van der Waals surface area contributed by atoms with Gasteiger partial charge in [0.1, 0.15) is 0 Å². The minimum Gasteiger partial charge on any atom is -0.411 e. The highest BCUT2D eigenvalue weighted by molar-refractivity contribution is 5.94. The van der Waals surface area contributed by atoms with Gasteiger partial charge < -0.3 is 10.1 Å². The van der Waals surface area contributed by atoms with Crippen LogP contribution < -0.4 is 0 Å². The molecule has 1 saturated heterocycles. The van der Waals surface area contributed by atoms with Gasteiger partial charge in [0.15, 0.2) is 0 Å². The molecule has 1 aliphatic heterocycles. The van der Waals surface area contributed by atoms with E-state index in [9.17, 15) is 4.79 Å². The average Bonchev–Trinajstić information content (AvgIpc) is 2.85. The smallest absolute Gasteiger partial charge is 0.226 e. The number of oxime groups is 1. The van der Waals surface area contributed by atoms with Gasteiger partial charge in [0.05, 0.1) is 12.3 Å². The second kappa shape index (κ2) is 3.59. The first-order valence-electron chi connectivity index (χ1n) is 5.24. The van der Waals surface area contributed by atoms with Crippen LogP contribution in [-0.2, 0) is 4.79 Å². The zero-order valence-electron chi connectivity index (χ0n) is 8.44. The molecule has 1 saturated carbocycles. The molecule has 78 valence electrons. The minimum atomic E-state index is 0.260. The van der Waals surface area contributed by atoms with E-state index in [0.717, 1.165) is 31.5 Å². The lowest BCUT2D eigenvalue weighted by Crippen LogP contribution is -2.30. The van der Waals surface area contributed by atoms with Gasteiger partial charge in [-0.15, -0.1) is 0 Å². The lowest BCUT2D eigenvalue weighted by Gasteiger charge is -2.14. The molecule has 1 heterocycles.